The molecule has 62 valence electrons. The molecule has 1 heterocycles. The van der Waals surface area contributed by atoms with E-state index in [-0.39, 0.29) is 22.9 Å². The van der Waals surface area contributed by atoms with Crippen molar-refractivity contribution in [3.05, 3.63) is 10.5 Å². The van der Waals surface area contributed by atoms with Crippen LogP contribution in [0.25, 0.3) is 0 Å². The minimum Gasteiger partial charge on any atom is -0.391 e. The van der Waals surface area contributed by atoms with Crippen LogP contribution in [0.15, 0.2) is 10.5 Å². The van der Waals surface area contributed by atoms with E-state index in [0.29, 0.717) is 6.42 Å². The molecule has 1 unspecified atom stereocenters. The van der Waals surface area contributed by atoms with Crippen LogP contribution < -0.4 is 0 Å². The molecule has 1 rings (SSSR count). The van der Waals surface area contributed by atoms with Gasteiger partial charge in [0.25, 0.3) is 0 Å². The van der Waals surface area contributed by atoms with Crippen molar-refractivity contribution in [3.63, 3.8) is 0 Å². The van der Waals surface area contributed by atoms with E-state index in [9.17, 15) is 4.79 Å². The summed E-state index contributed by atoms with van der Waals surface area (Å²) in [6.07, 6.45) is 0.599. The Morgan fingerprint density at radius 2 is 2.36 bits per heavy atom. The summed E-state index contributed by atoms with van der Waals surface area (Å²) >= 11 is 0. The van der Waals surface area contributed by atoms with Gasteiger partial charge in [-0.1, -0.05) is 5.87 Å². The standard InChI is InChI=1S/C8H12O2S/c1-6-7(10)3-4-11(2)8(6)5-9/h9H,2-5H2,1H3. The van der Waals surface area contributed by atoms with Gasteiger partial charge in [0.05, 0.1) is 6.61 Å². The lowest BCUT2D eigenvalue weighted by Crippen LogP contribution is -2.12. The minimum absolute atomic E-state index is 0.00974. The highest BCUT2D eigenvalue weighted by atomic mass is 32.2. The second kappa shape index (κ2) is 3.32. The summed E-state index contributed by atoms with van der Waals surface area (Å²) in [7, 11) is -0.120. The molecule has 2 nitrogen and oxygen atoms in total. The van der Waals surface area contributed by atoms with Gasteiger partial charge < -0.3 is 5.11 Å². The quantitative estimate of drug-likeness (QED) is 0.597. The Bertz CT molecular complexity index is 240. The summed E-state index contributed by atoms with van der Waals surface area (Å²) in [5.41, 5.74) is 0.733. The topological polar surface area (TPSA) is 37.3 Å². The molecule has 1 N–H and O–H groups in total. The number of hydrogen-bond donors (Lipinski definition) is 1. The van der Waals surface area contributed by atoms with E-state index in [4.69, 9.17) is 5.11 Å². The van der Waals surface area contributed by atoms with Crippen molar-refractivity contribution in [2.24, 2.45) is 0 Å². The highest BCUT2D eigenvalue weighted by molar-refractivity contribution is 8.17. The summed E-state index contributed by atoms with van der Waals surface area (Å²) in [4.78, 5) is 12.0. The van der Waals surface area contributed by atoms with Gasteiger partial charge in [-0.25, -0.2) is 0 Å². The van der Waals surface area contributed by atoms with Crippen molar-refractivity contribution in [2.45, 2.75) is 13.3 Å². The third-order valence-corrected chi connectivity index (χ3v) is 3.73. The third-order valence-electron chi connectivity index (χ3n) is 1.90. The van der Waals surface area contributed by atoms with Gasteiger partial charge in [-0.3, -0.25) is 4.79 Å². The molecule has 0 aromatic heterocycles. The van der Waals surface area contributed by atoms with Crippen molar-refractivity contribution in [1.29, 1.82) is 0 Å². The molecule has 0 saturated heterocycles. The summed E-state index contributed by atoms with van der Waals surface area (Å²) in [6.45, 7) is 1.77. The molecule has 0 bridgehead atoms. The van der Waals surface area contributed by atoms with Gasteiger partial charge in [-0.15, -0.1) is 0 Å². The molecule has 11 heavy (non-hydrogen) atoms. The second-order valence-electron chi connectivity index (χ2n) is 2.58. The first-order valence-electron chi connectivity index (χ1n) is 3.51. The minimum atomic E-state index is -0.120. The number of carbonyl (C=O) groups excluding carboxylic acids is 1. The molecule has 0 aliphatic carbocycles. The monoisotopic (exact) mass is 172 g/mol. The second-order valence-corrected chi connectivity index (χ2v) is 4.46. The first-order chi connectivity index (χ1) is 5.16. The maximum atomic E-state index is 11.1. The third kappa shape index (κ3) is 1.60. The van der Waals surface area contributed by atoms with Crippen molar-refractivity contribution >= 4 is 22.1 Å². The fourth-order valence-electron chi connectivity index (χ4n) is 1.11. The number of allylic oxidation sites excluding steroid dienone is 1. The molecule has 1 aliphatic rings. The van der Waals surface area contributed by atoms with Crippen LogP contribution in [0.2, 0.25) is 0 Å². The Labute approximate surface area is 68.8 Å². The van der Waals surface area contributed by atoms with E-state index in [0.717, 1.165) is 16.2 Å². The van der Waals surface area contributed by atoms with Gasteiger partial charge in [0.15, 0.2) is 5.78 Å². The summed E-state index contributed by atoms with van der Waals surface area (Å²) in [5, 5.41) is 8.91. The van der Waals surface area contributed by atoms with Crippen LogP contribution in [-0.4, -0.2) is 29.1 Å². The number of aliphatic hydroxyl groups excluding tert-OH is 1. The van der Waals surface area contributed by atoms with Crippen LogP contribution in [0.4, 0.5) is 0 Å². The Hall–Kier alpha value is -0.410. The van der Waals surface area contributed by atoms with Crippen LogP contribution in [0.5, 0.6) is 0 Å². The van der Waals surface area contributed by atoms with E-state index in [1.807, 2.05) is 0 Å². The average molecular weight is 172 g/mol. The van der Waals surface area contributed by atoms with Crippen molar-refractivity contribution < 1.29 is 9.90 Å². The molecule has 0 amide bonds. The van der Waals surface area contributed by atoms with E-state index in [2.05, 4.69) is 5.87 Å². The number of hydrogen-bond acceptors (Lipinski definition) is 2. The van der Waals surface area contributed by atoms with E-state index in [1.54, 1.807) is 6.92 Å². The zero-order valence-electron chi connectivity index (χ0n) is 6.59. The van der Waals surface area contributed by atoms with Gasteiger partial charge in [-0.05, 0) is 12.7 Å². The number of aliphatic hydroxyl groups is 1. The summed E-state index contributed by atoms with van der Waals surface area (Å²) in [5.74, 6) is 4.87. The predicted octanol–water partition coefficient (Wildman–Crippen LogP) is 0.926. The lowest BCUT2D eigenvalue weighted by molar-refractivity contribution is -0.115. The molecule has 1 aliphatic heterocycles. The van der Waals surface area contributed by atoms with Crippen molar-refractivity contribution in [2.75, 3.05) is 12.4 Å². The molecule has 3 heteroatoms. The Kier molecular flexibility index (Phi) is 2.62. The van der Waals surface area contributed by atoms with Crippen LogP contribution in [-0.2, 0) is 4.79 Å². The normalized spacial score (nSPS) is 26.0. The zero-order chi connectivity index (χ0) is 8.43. The van der Waals surface area contributed by atoms with Gasteiger partial charge >= 0.3 is 0 Å². The number of ketones is 1. The molecule has 0 aromatic carbocycles. The van der Waals surface area contributed by atoms with E-state index < -0.39 is 0 Å². The molecular weight excluding hydrogens is 160 g/mol. The summed E-state index contributed by atoms with van der Waals surface area (Å²) in [6, 6.07) is 0. The molecule has 0 fully saturated rings. The maximum Gasteiger partial charge on any atom is 0.160 e. The molecule has 0 saturated carbocycles. The van der Waals surface area contributed by atoms with E-state index in [1.165, 1.54) is 0 Å². The molecule has 0 aromatic rings. The lowest BCUT2D eigenvalue weighted by Gasteiger charge is -2.18. The van der Waals surface area contributed by atoms with Gasteiger partial charge in [0.1, 0.15) is 0 Å². The number of rotatable bonds is 1. The zero-order valence-corrected chi connectivity index (χ0v) is 7.41. The highest BCUT2D eigenvalue weighted by Gasteiger charge is 2.17. The maximum absolute atomic E-state index is 11.1. The Morgan fingerprint density at radius 3 is 2.82 bits per heavy atom. The smallest absolute Gasteiger partial charge is 0.160 e. The van der Waals surface area contributed by atoms with Crippen LogP contribution in [0, 0.1) is 0 Å². The summed E-state index contributed by atoms with van der Waals surface area (Å²) < 4.78 is 0. The highest BCUT2D eigenvalue weighted by Crippen LogP contribution is 2.31. The molecular formula is C8H12O2S. The Balaban J connectivity index is 3.03. The average Bonchev–Trinajstić information content (AvgIpc) is 1.99. The fraction of sp³-hybridized carbons (Fsp3) is 0.500. The molecule has 0 spiro atoms. The largest absolute Gasteiger partial charge is 0.391 e. The van der Waals surface area contributed by atoms with Gasteiger partial charge in [0, 0.05) is 16.9 Å². The Morgan fingerprint density at radius 1 is 1.73 bits per heavy atom. The SMILES string of the molecule is C=S1CCC(=O)C(C)=C1CO. The van der Waals surface area contributed by atoms with Gasteiger partial charge in [-0.2, -0.15) is 10.5 Å². The van der Waals surface area contributed by atoms with Crippen molar-refractivity contribution in [1.82, 2.24) is 0 Å². The van der Waals surface area contributed by atoms with Crippen LogP contribution in [0.3, 0.4) is 0 Å². The van der Waals surface area contributed by atoms with Crippen molar-refractivity contribution in [3.8, 4) is 0 Å². The van der Waals surface area contributed by atoms with Crippen LogP contribution >= 0.6 is 10.5 Å². The van der Waals surface area contributed by atoms with Gasteiger partial charge in [0.2, 0.25) is 0 Å². The van der Waals surface area contributed by atoms with E-state index >= 15 is 0 Å². The first kappa shape index (κ1) is 8.68. The number of carbonyl (C=O) groups is 1. The molecule has 1 atom stereocenters. The fourth-order valence-corrected chi connectivity index (χ4v) is 2.52. The molecule has 0 radical (unpaired) electrons. The predicted molar refractivity (Wildman–Crippen MR) is 49.0 cm³/mol. The number of Topliss-reactive ketones (excluding diaryl/α,β-unsaturated/α-hetero) is 1. The first-order valence-corrected chi connectivity index (χ1v) is 5.07. The van der Waals surface area contributed by atoms with Crippen LogP contribution in [0.1, 0.15) is 13.3 Å². The lowest BCUT2D eigenvalue weighted by atomic mass is 10.1.